The Balaban J connectivity index is 2.96. The van der Waals surface area contributed by atoms with E-state index in [9.17, 15) is 14.0 Å². The van der Waals surface area contributed by atoms with E-state index in [-0.39, 0.29) is 17.2 Å². The number of hydrazine groups is 1. The molecular weight excluding hydrogens is 239 g/mol. The molecule has 98 valence electrons. The van der Waals surface area contributed by atoms with Crippen LogP contribution in [0, 0.1) is 11.7 Å². The van der Waals surface area contributed by atoms with E-state index < -0.39 is 17.8 Å². The van der Waals surface area contributed by atoms with Gasteiger partial charge in [0, 0.05) is 11.6 Å². The Hall–Kier alpha value is -1.95. The first kappa shape index (κ1) is 14.1. The van der Waals surface area contributed by atoms with Crippen molar-refractivity contribution >= 4 is 12.2 Å². The fourth-order valence-corrected chi connectivity index (χ4v) is 1.44. The monoisotopic (exact) mass is 254 g/mol. The molecule has 0 heterocycles. The van der Waals surface area contributed by atoms with E-state index >= 15 is 0 Å². The van der Waals surface area contributed by atoms with Gasteiger partial charge in [-0.05, 0) is 18.1 Å². The molecule has 0 saturated heterocycles. The predicted molar refractivity (Wildman–Crippen MR) is 63.4 cm³/mol. The zero-order valence-electron chi connectivity index (χ0n) is 10.1. The number of hydrogen-bond acceptors (Lipinski definition) is 4. The highest BCUT2D eigenvalue weighted by atomic mass is 19.1. The largest absolute Gasteiger partial charge is 0.480 e. The summed E-state index contributed by atoms with van der Waals surface area (Å²) in [5.41, 5.74) is 2.12. The van der Waals surface area contributed by atoms with Crippen molar-refractivity contribution in [1.29, 1.82) is 0 Å². The van der Waals surface area contributed by atoms with Crippen LogP contribution in [0.1, 0.15) is 24.2 Å². The van der Waals surface area contributed by atoms with Crippen LogP contribution in [0.25, 0.3) is 0 Å². The Morgan fingerprint density at radius 1 is 1.44 bits per heavy atom. The fourth-order valence-electron chi connectivity index (χ4n) is 1.44. The lowest BCUT2D eigenvalue weighted by molar-refractivity contribution is -0.129. The van der Waals surface area contributed by atoms with Crippen molar-refractivity contribution in [2.45, 2.75) is 20.0 Å². The Morgan fingerprint density at radius 2 is 2.11 bits per heavy atom. The first-order valence-electron chi connectivity index (χ1n) is 5.40. The molecule has 1 amide bonds. The topological polar surface area (TPSA) is 81.4 Å². The molecule has 1 atom stereocenters. The molecule has 0 aliphatic heterocycles. The first-order chi connectivity index (χ1) is 8.47. The van der Waals surface area contributed by atoms with Gasteiger partial charge in [-0.1, -0.05) is 13.8 Å². The van der Waals surface area contributed by atoms with Gasteiger partial charge in [-0.25, -0.2) is 10.2 Å². The van der Waals surface area contributed by atoms with Crippen LogP contribution in [0.5, 0.6) is 5.75 Å². The maximum Gasteiger partial charge on any atom is 0.275 e. The quantitative estimate of drug-likeness (QED) is 0.356. The van der Waals surface area contributed by atoms with E-state index in [1.165, 1.54) is 6.07 Å². The molecule has 0 spiro atoms. The average Bonchev–Trinajstić information content (AvgIpc) is 2.34. The number of rotatable bonds is 5. The van der Waals surface area contributed by atoms with Gasteiger partial charge in [0.2, 0.25) is 0 Å². The van der Waals surface area contributed by atoms with Gasteiger partial charge in [-0.3, -0.25) is 15.0 Å². The maximum atomic E-state index is 13.2. The molecule has 5 nitrogen and oxygen atoms in total. The summed E-state index contributed by atoms with van der Waals surface area (Å²) >= 11 is 0. The second-order valence-corrected chi connectivity index (χ2v) is 4.13. The Labute approximate surface area is 104 Å². The van der Waals surface area contributed by atoms with Crippen molar-refractivity contribution in [3.63, 3.8) is 0 Å². The summed E-state index contributed by atoms with van der Waals surface area (Å²) in [6.45, 7) is 3.53. The minimum atomic E-state index is -0.851. The lowest BCUT2D eigenvalue weighted by Crippen LogP contribution is -2.44. The summed E-state index contributed by atoms with van der Waals surface area (Å²) < 4.78 is 18.5. The normalized spacial score (nSPS) is 12.1. The van der Waals surface area contributed by atoms with Gasteiger partial charge in [0.05, 0.1) is 0 Å². The third kappa shape index (κ3) is 3.53. The molecule has 1 unspecified atom stereocenters. The molecule has 0 aliphatic rings. The van der Waals surface area contributed by atoms with Crippen molar-refractivity contribution in [3.8, 4) is 5.75 Å². The number of carbonyl (C=O) groups is 2. The summed E-state index contributed by atoms with van der Waals surface area (Å²) in [6, 6.07) is 3.54. The van der Waals surface area contributed by atoms with Crippen molar-refractivity contribution in [2.75, 3.05) is 0 Å². The Morgan fingerprint density at radius 3 is 2.61 bits per heavy atom. The number of hydrogen-bond donors (Lipinski definition) is 2. The number of halogens is 1. The van der Waals surface area contributed by atoms with Gasteiger partial charge in [-0.15, -0.1) is 0 Å². The van der Waals surface area contributed by atoms with Gasteiger partial charge in [0.1, 0.15) is 17.9 Å². The summed E-state index contributed by atoms with van der Waals surface area (Å²) in [5, 5.41) is 0. The molecule has 0 fully saturated rings. The number of nitrogens with one attached hydrogen (secondary N) is 1. The van der Waals surface area contributed by atoms with E-state index in [4.69, 9.17) is 10.6 Å². The van der Waals surface area contributed by atoms with E-state index in [2.05, 4.69) is 0 Å². The predicted octanol–water partition coefficient (Wildman–Crippen LogP) is 1.03. The number of aldehydes is 1. The molecule has 0 aromatic heterocycles. The highest BCUT2D eigenvalue weighted by Crippen LogP contribution is 2.19. The number of ether oxygens (including phenoxy) is 1. The summed E-state index contributed by atoms with van der Waals surface area (Å²) in [5.74, 6) is 3.88. The van der Waals surface area contributed by atoms with Crippen LogP contribution >= 0.6 is 0 Å². The minimum absolute atomic E-state index is 0.111. The van der Waals surface area contributed by atoms with E-state index in [1.807, 2.05) is 5.43 Å². The summed E-state index contributed by atoms with van der Waals surface area (Å²) in [4.78, 5) is 22.1. The molecule has 6 heteroatoms. The van der Waals surface area contributed by atoms with E-state index in [0.717, 1.165) is 12.1 Å². The Kier molecular flexibility index (Phi) is 4.79. The zero-order valence-corrected chi connectivity index (χ0v) is 10.1. The van der Waals surface area contributed by atoms with Crippen molar-refractivity contribution < 1.29 is 18.7 Å². The minimum Gasteiger partial charge on any atom is -0.480 e. The highest BCUT2D eigenvalue weighted by molar-refractivity contribution is 5.81. The number of carbonyl (C=O) groups excluding carboxylic acids is 2. The van der Waals surface area contributed by atoms with Crippen molar-refractivity contribution in [1.82, 2.24) is 5.43 Å². The smallest absolute Gasteiger partial charge is 0.275 e. The van der Waals surface area contributed by atoms with Crippen LogP contribution in [0.15, 0.2) is 18.2 Å². The third-order valence-electron chi connectivity index (χ3n) is 2.30. The standard InChI is InChI=1S/C12H15FN2O3/c1-7(2)11(12(17)15-14)18-10-4-8(6-16)3-9(13)5-10/h3-7,11H,14H2,1-2H3,(H,15,17). The van der Waals surface area contributed by atoms with Crippen LogP contribution in [0.3, 0.4) is 0 Å². The zero-order chi connectivity index (χ0) is 13.7. The van der Waals surface area contributed by atoms with E-state index in [1.54, 1.807) is 13.8 Å². The molecule has 0 bridgehead atoms. The second-order valence-electron chi connectivity index (χ2n) is 4.13. The lowest BCUT2D eigenvalue weighted by Gasteiger charge is -2.20. The Bertz CT molecular complexity index is 449. The molecule has 18 heavy (non-hydrogen) atoms. The van der Waals surface area contributed by atoms with E-state index in [0.29, 0.717) is 6.29 Å². The van der Waals surface area contributed by atoms with Crippen LogP contribution in [-0.4, -0.2) is 18.3 Å². The van der Waals surface area contributed by atoms with Crippen LogP contribution in [0.4, 0.5) is 4.39 Å². The third-order valence-corrected chi connectivity index (χ3v) is 2.30. The molecular formula is C12H15FN2O3. The molecule has 0 saturated carbocycles. The number of benzene rings is 1. The average molecular weight is 254 g/mol. The van der Waals surface area contributed by atoms with Gasteiger partial charge in [0.25, 0.3) is 5.91 Å². The fraction of sp³-hybridized carbons (Fsp3) is 0.333. The van der Waals surface area contributed by atoms with Crippen LogP contribution in [-0.2, 0) is 4.79 Å². The molecule has 0 aliphatic carbocycles. The molecule has 1 aromatic carbocycles. The molecule has 1 aromatic rings. The van der Waals surface area contributed by atoms with Gasteiger partial charge in [-0.2, -0.15) is 0 Å². The number of nitrogens with two attached hydrogens (primary N) is 1. The SMILES string of the molecule is CC(C)C(Oc1cc(F)cc(C=O)c1)C(=O)NN. The summed E-state index contributed by atoms with van der Waals surface area (Å²) in [7, 11) is 0. The van der Waals surface area contributed by atoms with Gasteiger partial charge < -0.3 is 4.74 Å². The molecule has 0 radical (unpaired) electrons. The van der Waals surface area contributed by atoms with Crippen LogP contribution < -0.4 is 16.0 Å². The van der Waals surface area contributed by atoms with Gasteiger partial charge >= 0.3 is 0 Å². The highest BCUT2D eigenvalue weighted by Gasteiger charge is 2.23. The van der Waals surface area contributed by atoms with Crippen molar-refractivity contribution in [2.24, 2.45) is 11.8 Å². The number of amides is 1. The van der Waals surface area contributed by atoms with Crippen molar-refractivity contribution in [3.05, 3.63) is 29.6 Å². The molecule has 1 rings (SSSR count). The molecule has 3 N–H and O–H groups in total. The van der Waals surface area contributed by atoms with Gasteiger partial charge in [0.15, 0.2) is 6.10 Å². The second kappa shape index (κ2) is 6.11. The van der Waals surface area contributed by atoms with Crippen LogP contribution in [0.2, 0.25) is 0 Å². The summed E-state index contributed by atoms with van der Waals surface area (Å²) in [6.07, 6.45) is -0.347. The first-order valence-corrected chi connectivity index (χ1v) is 5.40. The maximum absolute atomic E-state index is 13.2. The lowest BCUT2D eigenvalue weighted by atomic mass is 10.1.